The molecule has 4 aromatic carbocycles. The molecular weight excluding hydrogens is 702 g/mol. The highest BCUT2D eigenvalue weighted by Crippen LogP contribution is 2.46. The Balaban J connectivity index is 1.29. The molecule has 0 bridgehead atoms. The van der Waals surface area contributed by atoms with Crippen molar-refractivity contribution >= 4 is 22.9 Å². The summed E-state index contributed by atoms with van der Waals surface area (Å²) in [6.45, 7) is 3.27. The van der Waals surface area contributed by atoms with E-state index in [0.29, 0.717) is 34.1 Å². The van der Waals surface area contributed by atoms with E-state index in [1.165, 1.54) is 6.33 Å². The molecule has 4 heterocycles. The van der Waals surface area contributed by atoms with Crippen LogP contribution in [0.3, 0.4) is 0 Å². The first-order chi connectivity index (χ1) is 26.7. The Morgan fingerprint density at radius 1 is 0.818 bits per heavy atom. The zero-order chi connectivity index (χ0) is 38.2. The molecule has 13 heteroatoms. The predicted molar refractivity (Wildman–Crippen MR) is 202 cm³/mol. The summed E-state index contributed by atoms with van der Waals surface area (Å²) in [6, 6.07) is 34.3. The predicted octanol–water partition coefficient (Wildman–Crippen LogP) is 6.01. The molecule has 2 aromatic heterocycles. The number of ether oxygens (including phenoxy) is 6. The lowest BCUT2D eigenvalue weighted by Crippen LogP contribution is -2.34. The number of aliphatic hydroxyl groups excluding tert-OH is 1. The van der Waals surface area contributed by atoms with Gasteiger partial charge in [0.2, 0.25) is 0 Å². The molecule has 2 saturated heterocycles. The van der Waals surface area contributed by atoms with Crippen molar-refractivity contribution in [1.29, 1.82) is 0 Å². The minimum absolute atomic E-state index is 0.0827. The van der Waals surface area contributed by atoms with Crippen LogP contribution < -0.4 is 14.8 Å². The van der Waals surface area contributed by atoms with Gasteiger partial charge in [-0.3, -0.25) is 9.36 Å². The van der Waals surface area contributed by atoms with E-state index in [9.17, 15) is 9.90 Å². The monoisotopic (exact) mass is 743 g/mol. The van der Waals surface area contributed by atoms with Crippen molar-refractivity contribution in [1.82, 2.24) is 19.5 Å². The number of imidazole rings is 1. The maximum Gasteiger partial charge on any atom is 0.256 e. The topological polar surface area (TPSA) is 148 Å². The molecule has 8 rings (SSSR count). The maximum absolute atomic E-state index is 13.4. The van der Waals surface area contributed by atoms with Crippen LogP contribution in [0.25, 0.3) is 11.2 Å². The van der Waals surface area contributed by atoms with Crippen LogP contribution >= 0.6 is 0 Å². The zero-order valence-electron chi connectivity index (χ0n) is 30.8. The first kappa shape index (κ1) is 36.3. The number of hydrogen-bond acceptors (Lipinski definition) is 11. The quantitative estimate of drug-likeness (QED) is 0.142. The van der Waals surface area contributed by atoms with E-state index in [1.807, 2.05) is 98.8 Å². The van der Waals surface area contributed by atoms with Crippen LogP contribution in [0.2, 0.25) is 0 Å². The zero-order valence-corrected chi connectivity index (χ0v) is 30.8. The molecule has 0 radical (unpaired) electrons. The van der Waals surface area contributed by atoms with Gasteiger partial charge in [-0.15, -0.1) is 0 Å². The number of amides is 1. The lowest BCUT2D eigenvalue weighted by Gasteiger charge is -2.36. The summed E-state index contributed by atoms with van der Waals surface area (Å²) in [5.74, 6) is 0.700. The third-order valence-corrected chi connectivity index (χ3v) is 9.97. The van der Waals surface area contributed by atoms with Crippen molar-refractivity contribution in [2.75, 3.05) is 26.1 Å². The first-order valence-corrected chi connectivity index (χ1v) is 17.9. The molecule has 0 aliphatic carbocycles. The summed E-state index contributed by atoms with van der Waals surface area (Å²) in [5, 5.41) is 13.3. The molecule has 0 spiro atoms. The summed E-state index contributed by atoms with van der Waals surface area (Å²) in [4.78, 5) is 27.6. The number of aliphatic hydroxyl groups is 1. The number of benzene rings is 4. The third-order valence-electron chi connectivity index (χ3n) is 9.97. The number of nitrogens with zero attached hydrogens (tertiary/aromatic N) is 4. The average molecular weight is 744 g/mol. The number of carbonyl (C=O) groups is 1. The molecule has 6 aromatic rings. The van der Waals surface area contributed by atoms with Crippen molar-refractivity contribution in [2.45, 2.75) is 56.4 Å². The molecule has 282 valence electrons. The smallest absolute Gasteiger partial charge is 0.256 e. The first-order valence-electron chi connectivity index (χ1n) is 17.9. The maximum atomic E-state index is 13.4. The SMILES string of the molecule is COc1ccc(C(OCc2nc3c(NC(=O)c4ccccc4)ncnc3n2[C@@H]2O[C@H](CO)[C@H]3OC(C)(C)O[C@H]32)(c2ccccc2)c2ccc(OC)cc2)cc1. The Hall–Kier alpha value is -5.70. The highest BCUT2D eigenvalue weighted by molar-refractivity contribution is 6.06. The van der Waals surface area contributed by atoms with Gasteiger partial charge in [0, 0.05) is 5.56 Å². The average Bonchev–Trinajstić information content (AvgIpc) is 3.87. The molecule has 4 atom stereocenters. The summed E-state index contributed by atoms with van der Waals surface area (Å²) >= 11 is 0. The van der Waals surface area contributed by atoms with E-state index >= 15 is 0 Å². The molecular formula is C42H41N5O8. The number of rotatable bonds is 12. The number of methoxy groups -OCH3 is 2. The Bertz CT molecular complexity index is 2220. The number of carbonyl (C=O) groups excluding carboxylic acids is 1. The molecule has 2 aliphatic heterocycles. The van der Waals surface area contributed by atoms with E-state index in [0.717, 1.165) is 16.7 Å². The largest absolute Gasteiger partial charge is 0.497 e. The molecule has 55 heavy (non-hydrogen) atoms. The lowest BCUT2D eigenvalue weighted by atomic mass is 9.80. The van der Waals surface area contributed by atoms with Crippen LogP contribution in [0.4, 0.5) is 5.82 Å². The molecule has 2 aliphatic rings. The van der Waals surface area contributed by atoms with Crippen LogP contribution in [0.15, 0.2) is 116 Å². The molecule has 2 fully saturated rings. The summed E-state index contributed by atoms with van der Waals surface area (Å²) in [7, 11) is 3.25. The number of aromatic nitrogens is 4. The molecule has 2 N–H and O–H groups in total. The van der Waals surface area contributed by atoms with Gasteiger partial charge in [0.05, 0.1) is 20.8 Å². The van der Waals surface area contributed by atoms with E-state index < -0.39 is 35.9 Å². The fraction of sp³-hybridized carbons (Fsp3) is 0.286. The van der Waals surface area contributed by atoms with Crippen molar-refractivity contribution in [2.24, 2.45) is 0 Å². The Morgan fingerprint density at radius 2 is 1.40 bits per heavy atom. The van der Waals surface area contributed by atoms with E-state index in [1.54, 1.807) is 43.1 Å². The van der Waals surface area contributed by atoms with Crippen molar-refractivity contribution in [3.05, 3.63) is 144 Å². The summed E-state index contributed by atoms with van der Waals surface area (Å²) in [6.07, 6.45) is -1.38. The molecule has 1 amide bonds. The molecule has 0 saturated carbocycles. The Labute approximate surface area is 317 Å². The fourth-order valence-corrected chi connectivity index (χ4v) is 7.44. The van der Waals surface area contributed by atoms with Gasteiger partial charge >= 0.3 is 0 Å². The normalized spacial score (nSPS) is 20.3. The number of hydrogen-bond donors (Lipinski definition) is 2. The van der Waals surface area contributed by atoms with Gasteiger partial charge in [0.15, 0.2) is 29.0 Å². The van der Waals surface area contributed by atoms with Crippen LogP contribution in [0.1, 0.15) is 52.9 Å². The van der Waals surface area contributed by atoms with Crippen LogP contribution in [0, 0.1) is 0 Å². The van der Waals surface area contributed by atoms with Gasteiger partial charge in [0.25, 0.3) is 5.91 Å². The summed E-state index contributed by atoms with van der Waals surface area (Å²) < 4.78 is 39.2. The summed E-state index contributed by atoms with van der Waals surface area (Å²) in [5.41, 5.74) is 2.47. The fourth-order valence-electron chi connectivity index (χ4n) is 7.44. The highest BCUT2D eigenvalue weighted by Gasteiger charge is 2.56. The minimum atomic E-state index is -1.18. The Morgan fingerprint density at radius 3 is 2.00 bits per heavy atom. The second-order valence-corrected chi connectivity index (χ2v) is 13.7. The highest BCUT2D eigenvalue weighted by atomic mass is 16.8. The second kappa shape index (κ2) is 14.9. The van der Waals surface area contributed by atoms with Gasteiger partial charge in [-0.1, -0.05) is 72.8 Å². The van der Waals surface area contributed by atoms with Crippen LogP contribution in [-0.4, -0.2) is 75.5 Å². The van der Waals surface area contributed by atoms with Gasteiger partial charge in [0.1, 0.15) is 54.2 Å². The molecule has 0 unspecified atom stereocenters. The van der Waals surface area contributed by atoms with E-state index in [4.69, 9.17) is 33.4 Å². The van der Waals surface area contributed by atoms with Crippen LogP contribution in [-0.2, 0) is 31.2 Å². The number of fused-ring (bicyclic) bond motifs is 2. The van der Waals surface area contributed by atoms with Gasteiger partial charge in [-0.05, 0) is 66.9 Å². The minimum Gasteiger partial charge on any atom is -0.497 e. The van der Waals surface area contributed by atoms with Crippen molar-refractivity contribution in [3.8, 4) is 11.5 Å². The third kappa shape index (κ3) is 6.70. The van der Waals surface area contributed by atoms with Gasteiger partial charge < -0.3 is 38.8 Å². The molecule has 13 nitrogen and oxygen atoms in total. The lowest BCUT2D eigenvalue weighted by molar-refractivity contribution is -0.200. The van der Waals surface area contributed by atoms with Crippen molar-refractivity contribution < 1.29 is 38.3 Å². The van der Waals surface area contributed by atoms with Crippen molar-refractivity contribution in [3.63, 3.8) is 0 Å². The standard InChI is InChI=1S/C42H41N5O8/c1-41(2)54-35-32(23-48)53-40(36(35)55-41)47-33(45-34-37(43-25-44-38(34)47)46-39(49)26-11-7-5-8-12-26)24-52-42(27-13-9-6-10-14-27,28-15-19-30(50-3)20-16-28)29-17-21-31(51-4)22-18-29/h5-22,25,32,35-36,40,48H,23-24H2,1-4H3,(H,43,44,46,49)/t32-,35-,36-,40-/m1/s1. The van der Waals surface area contributed by atoms with E-state index in [2.05, 4.69) is 15.3 Å². The van der Waals surface area contributed by atoms with Gasteiger partial charge in [-0.2, -0.15) is 0 Å². The van der Waals surface area contributed by atoms with E-state index in [-0.39, 0.29) is 24.9 Å². The van der Waals surface area contributed by atoms with Gasteiger partial charge in [-0.25, -0.2) is 15.0 Å². The van der Waals surface area contributed by atoms with Crippen LogP contribution in [0.5, 0.6) is 11.5 Å². The Kier molecular flexibility index (Phi) is 9.80. The number of nitrogens with one attached hydrogen (secondary N) is 1. The second-order valence-electron chi connectivity index (χ2n) is 13.7. The number of anilines is 1.